The van der Waals surface area contributed by atoms with Crippen LogP contribution in [0.4, 0.5) is 4.39 Å². The minimum absolute atomic E-state index is 0.121. The second kappa shape index (κ2) is 20.5. The fourth-order valence-corrected chi connectivity index (χ4v) is 4.70. The molecule has 0 bridgehead atoms. The van der Waals surface area contributed by atoms with Gasteiger partial charge in [-0.1, -0.05) is 38.1 Å². The van der Waals surface area contributed by atoms with Gasteiger partial charge in [0, 0.05) is 18.0 Å². The van der Waals surface area contributed by atoms with E-state index in [1.807, 2.05) is 6.26 Å². The summed E-state index contributed by atoms with van der Waals surface area (Å²) in [6, 6.07) is 13.2. The Morgan fingerprint density at radius 1 is 1.18 bits per heavy atom. The van der Waals surface area contributed by atoms with Crippen molar-refractivity contribution in [3.8, 4) is 5.75 Å². The number of thioether (sulfide) groups is 1. The Morgan fingerprint density at radius 2 is 1.93 bits per heavy atom. The van der Waals surface area contributed by atoms with Crippen LogP contribution in [0.2, 0.25) is 0 Å². The maximum atomic E-state index is 13.2. The van der Waals surface area contributed by atoms with Crippen molar-refractivity contribution in [3.05, 3.63) is 65.0 Å². The molecule has 1 aliphatic rings. The van der Waals surface area contributed by atoms with Crippen molar-refractivity contribution in [2.45, 2.75) is 83.7 Å². The molecule has 40 heavy (non-hydrogen) atoms. The van der Waals surface area contributed by atoms with E-state index in [0.717, 1.165) is 30.6 Å². The van der Waals surface area contributed by atoms with E-state index in [0.29, 0.717) is 43.6 Å². The topological polar surface area (TPSA) is 93.5 Å². The van der Waals surface area contributed by atoms with Gasteiger partial charge < -0.3 is 25.9 Å². The standard InChI is InChI=1S/C17H24FNO3S.C14H21N.CH5N/c1-13-9-14(18)11-16(10-13)22-7-4-3-5-17(21)19-15(12-20)6-8-23-2;1-3-10-15-14(8-9-14)13-7-5-6-12(4-2)11-13;1-2/h9-12,15H,3-8H2,1-2H3,(H,19,21);5-7,11,15H,3-4,8-10H2,1-2H3;2H2,1H3. The molecule has 0 radical (unpaired) electrons. The van der Waals surface area contributed by atoms with Crippen molar-refractivity contribution in [1.29, 1.82) is 0 Å². The first-order valence-corrected chi connectivity index (χ1v) is 15.8. The van der Waals surface area contributed by atoms with Gasteiger partial charge in [-0.2, -0.15) is 11.8 Å². The van der Waals surface area contributed by atoms with Gasteiger partial charge >= 0.3 is 0 Å². The monoisotopic (exact) mass is 575 g/mol. The highest BCUT2D eigenvalue weighted by Gasteiger charge is 2.43. The summed E-state index contributed by atoms with van der Waals surface area (Å²) in [7, 11) is 1.50. The number of aryl methyl sites for hydroxylation is 2. The molecule has 0 aromatic heterocycles. The number of amides is 1. The molecule has 1 amide bonds. The lowest BCUT2D eigenvalue weighted by molar-refractivity contribution is -0.124. The summed E-state index contributed by atoms with van der Waals surface area (Å²) in [6.45, 7) is 7.82. The number of benzene rings is 2. The Morgan fingerprint density at radius 3 is 2.52 bits per heavy atom. The number of halogens is 1. The normalized spacial score (nSPS) is 13.6. The Bertz CT molecular complexity index is 981. The molecule has 1 saturated carbocycles. The van der Waals surface area contributed by atoms with Crippen LogP contribution in [-0.4, -0.2) is 50.4 Å². The average Bonchev–Trinajstić information content (AvgIpc) is 3.76. The maximum absolute atomic E-state index is 13.2. The third kappa shape index (κ3) is 13.8. The molecule has 0 heterocycles. The Kier molecular flexibility index (Phi) is 18.2. The van der Waals surface area contributed by atoms with Crippen molar-refractivity contribution in [3.63, 3.8) is 0 Å². The predicted octanol–water partition coefficient (Wildman–Crippen LogP) is 5.93. The number of hydrogen-bond donors (Lipinski definition) is 3. The van der Waals surface area contributed by atoms with Crippen molar-refractivity contribution < 1.29 is 18.7 Å². The Hall–Kier alpha value is -2.42. The zero-order chi connectivity index (χ0) is 29.8. The molecule has 0 saturated heterocycles. The molecule has 2 aromatic rings. The van der Waals surface area contributed by atoms with Gasteiger partial charge in [0.1, 0.15) is 17.9 Å². The second-order valence-electron chi connectivity index (χ2n) is 9.92. The number of nitrogens with one attached hydrogen (secondary N) is 2. The summed E-state index contributed by atoms with van der Waals surface area (Å²) in [5.41, 5.74) is 8.60. The number of ether oxygens (including phenoxy) is 1. The Labute approximate surface area is 245 Å². The molecule has 2 aromatic carbocycles. The van der Waals surface area contributed by atoms with E-state index in [2.05, 4.69) is 54.5 Å². The molecule has 6 nitrogen and oxygen atoms in total. The minimum atomic E-state index is -0.401. The maximum Gasteiger partial charge on any atom is 0.220 e. The molecule has 0 spiro atoms. The second-order valence-corrected chi connectivity index (χ2v) is 10.9. The molecule has 1 atom stereocenters. The molecular formula is C32H50FN3O3S. The third-order valence-corrected chi connectivity index (χ3v) is 7.22. The number of carbonyl (C=O) groups is 2. The Balaban J connectivity index is 0.000000404. The van der Waals surface area contributed by atoms with Crippen LogP contribution in [0, 0.1) is 12.7 Å². The SMILES string of the molecule is CCCNC1(c2cccc(CC)c2)CC1.CN.CSCCC(C=O)NC(=O)CCCCOc1cc(C)cc(F)c1. The van der Waals surface area contributed by atoms with Gasteiger partial charge in [0.15, 0.2) is 0 Å². The van der Waals surface area contributed by atoms with Crippen LogP contribution in [0.5, 0.6) is 5.75 Å². The molecule has 0 aliphatic heterocycles. The predicted molar refractivity (Wildman–Crippen MR) is 167 cm³/mol. The highest BCUT2D eigenvalue weighted by Crippen LogP contribution is 2.45. The van der Waals surface area contributed by atoms with Crippen molar-refractivity contribution in [2.75, 3.05) is 32.2 Å². The van der Waals surface area contributed by atoms with E-state index in [1.165, 1.54) is 49.6 Å². The first kappa shape index (κ1) is 35.6. The van der Waals surface area contributed by atoms with Crippen LogP contribution in [-0.2, 0) is 21.5 Å². The lowest BCUT2D eigenvalue weighted by Crippen LogP contribution is -2.36. The first-order chi connectivity index (χ1) is 19.4. The van der Waals surface area contributed by atoms with E-state index in [4.69, 9.17) is 4.74 Å². The molecule has 4 N–H and O–H groups in total. The van der Waals surface area contributed by atoms with Gasteiger partial charge in [-0.3, -0.25) is 4.79 Å². The van der Waals surface area contributed by atoms with Gasteiger partial charge in [-0.25, -0.2) is 4.39 Å². The van der Waals surface area contributed by atoms with Crippen LogP contribution < -0.4 is 21.1 Å². The molecule has 1 unspecified atom stereocenters. The largest absolute Gasteiger partial charge is 0.493 e. The van der Waals surface area contributed by atoms with Crippen LogP contribution in [0.3, 0.4) is 0 Å². The van der Waals surface area contributed by atoms with Gasteiger partial charge in [0.2, 0.25) is 5.91 Å². The summed E-state index contributed by atoms with van der Waals surface area (Å²) in [6.07, 6.45) is 10.1. The van der Waals surface area contributed by atoms with Gasteiger partial charge in [0.05, 0.1) is 12.6 Å². The van der Waals surface area contributed by atoms with E-state index in [1.54, 1.807) is 24.8 Å². The number of unbranched alkanes of at least 4 members (excludes halogenated alkanes) is 1. The van der Waals surface area contributed by atoms with Crippen molar-refractivity contribution in [1.82, 2.24) is 10.6 Å². The molecule has 1 aliphatic carbocycles. The minimum Gasteiger partial charge on any atom is -0.493 e. The number of carbonyl (C=O) groups excluding carboxylic acids is 2. The van der Waals surface area contributed by atoms with Gasteiger partial charge in [0.25, 0.3) is 0 Å². The van der Waals surface area contributed by atoms with E-state index < -0.39 is 6.04 Å². The molecular weight excluding hydrogens is 525 g/mol. The van der Waals surface area contributed by atoms with Crippen LogP contribution in [0.25, 0.3) is 0 Å². The number of hydrogen-bond acceptors (Lipinski definition) is 6. The van der Waals surface area contributed by atoms with E-state index in [-0.39, 0.29) is 11.7 Å². The summed E-state index contributed by atoms with van der Waals surface area (Å²) in [5, 5.41) is 6.40. The lowest BCUT2D eigenvalue weighted by atomic mass is 10.0. The van der Waals surface area contributed by atoms with Gasteiger partial charge in [-0.05, 0) is 106 Å². The number of nitrogens with two attached hydrogens (primary N) is 1. The van der Waals surface area contributed by atoms with E-state index in [9.17, 15) is 14.0 Å². The lowest BCUT2D eigenvalue weighted by Gasteiger charge is -2.18. The summed E-state index contributed by atoms with van der Waals surface area (Å²) >= 11 is 1.64. The van der Waals surface area contributed by atoms with Crippen molar-refractivity contribution >= 4 is 24.0 Å². The molecule has 3 rings (SSSR count). The quantitative estimate of drug-likeness (QED) is 0.170. The first-order valence-electron chi connectivity index (χ1n) is 14.4. The highest BCUT2D eigenvalue weighted by molar-refractivity contribution is 7.98. The molecule has 1 fully saturated rings. The van der Waals surface area contributed by atoms with Crippen LogP contribution >= 0.6 is 11.8 Å². The van der Waals surface area contributed by atoms with Crippen LogP contribution in [0.15, 0.2) is 42.5 Å². The number of aldehydes is 1. The third-order valence-electron chi connectivity index (χ3n) is 6.58. The summed E-state index contributed by atoms with van der Waals surface area (Å²) in [5.74, 6) is 0.907. The average molecular weight is 576 g/mol. The fourth-order valence-electron chi connectivity index (χ4n) is 4.21. The van der Waals surface area contributed by atoms with E-state index >= 15 is 0 Å². The van der Waals surface area contributed by atoms with Crippen molar-refractivity contribution in [2.24, 2.45) is 5.73 Å². The molecule has 224 valence electrons. The van der Waals surface area contributed by atoms with Crippen LogP contribution in [0.1, 0.15) is 75.5 Å². The zero-order valence-corrected chi connectivity index (χ0v) is 25.9. The smallest absolute Gasteiger partial charge is 0.220 e. The summed E-state index contributed by atoms with van der Waals surface area (Å²) < 4.78 is 18.7. The van der Waals surface area contributed by atoms with Gasteiger partial charge in [-0.15, -0.1) is 0 Å². The highest BCUT2D eigenvalue weighted by atomic mass is 32.2. The summed E-state index contributed by atoms with van der Waals surface area (Å²) in [4.78, 5) is 22.6. The molecule has 8 heteroatoms. The zero-order valence-electron chi connectivity index (χ0n) is 25.1. The fraction of sp³-hybridized carbons (Fsp3) is 0.562. The number of rotatable bonds is 16.